The van der Waals surface area contributed by atoms with Crippen molar-refractivity contribution in [2.24, 2.45) is 5.41 Å². The minimum absolute atomic E-state index is 0.0537. The Morgan fingerprint density at radius 2 is 1.54 bits per heavy atom. The van der Waals surface area contributed by atoms with Gasteiger partial charge in [0.05, 0.1) is 5.41 Å². The van der Waals surface area contributed by atoms with E-state index in [1.807, 2.05) is 39.2 Å². The van der Waals surface area contributed by atoms with E-state index in [9.17, 15) is 9.59 Å². The maximum atomic E-state index is 13.8. The van der Waals surface area contributed by atoms with E-state index in [0.29, 0.717) is 6.42 Å². The van der Waals surface area contributed by atoms with Gasteiger partial charge in [0.1, 0.15) is 0 Å². The minimum atomic E-state index is -0.996. The highest BCUT2D eigenvalue weighted by molar-refractivity contribution is 5.96. The number of benzene rings is 3. The maximum Gasteiger partial charge on any atom is 0.328 e. The predicted molar refractivity (Wildman–Crippen MR) is 152 cm³/mol. The van der Waals surface area contributed by atoms with Crippen molar-refractivity contribution in [3.8, 4) is 11.1 Å². The number of rotatable bonds is 8. The van der Waals surface area contributed by atoms with Gasteiger partial charge in [-0.3, -0.25) is 4.79 Å². The topological polar surface area (TPSA) is 69.6 Å². The lowest BCUT2D eigenvalue weighted by atomic mass is 9.69. The lowest BCUT2D eigenvalue weighted by Crippen LogP contribution is -2.40. The Bertz CT molecular complexity index is 1270. The fourth-order valence-corrected chi connectivity index (χ4v) is 5.17. The lowest BCUT2D eigenvalue weighted by molar-refractivity contribution is -0.131. The summed E-state index contributed by atoms with van der Waals surface area (Å²) in [5.74, 6) is -0.943. The molecule has 0 atom stereocenters. The van der Waals surface area contributed by atoms with Gasteiger partial charge in [-0.25, -0.2) is 4.79 Å². The van der Waals surface area contributed by atoms with E-state index in [4.69, 9.17) is 5.11 Å². The van der Waals surface area contributed by atoms with E-state index in [0.717, 1.165) is 60.6 Å². The Morgan fingerprint density at radius 1 is 0.919 bits per heavy atom. The summed E-state index contributed by atoms with van der Waals surface area (Å²) in [6.45, 7) is 1.96. The van der Waals surface area contributed by atoms with Gasteiger partial charge in [0.2, 0.25) is 5.91 Å². The molecule has 0 bridgehead atoms. The fraction of sp³-hybridized carbons (Fsp3) is 0.312. The fourth-order valence-electron chi connectivity index (χ4n) is 5.17. The number of nitrogens with zero attached hydrogens (tertiary/aromatic N) is 1. The van der Waals surface area contributed by atoms with Crippen LogP contribution >= 0.6 is 0 Å². The molecule has 0 radical (unpaired) electrons. The quantitative estimate of drug-likeness (QED) is 0.331. The molecule has 192 valence electrons. The number of anilines is 2. The molecule has 3 aromatic carbocycles. The molecule has 1 amide bonds. The molecule has 0 unspecified atom stereocenters. The summed E-state index contributed by atoms with van der Waals surface area (Å²) in [6, 6.07) is 22.8. The van der Waals surface area contributed by atoms with Crippen LogP contribution in [0.4, 0.5) is 11.4 Å². The third kappa shape index (κ3) is 6.48. The summed E-state index contributed by atoms with van der Waals surface area (Å²) in [6.07, 6.45) is 8.34. The number of aryl methyl sites for hydroxylation is 1. The van der Waals surface area contributed by atoms with Gasteiger partial charge >= 0.3 is 5.97 Å². The molecule has 5 heteroatoms. The lowest BCUT2D eigenvalue weighted by Gasteiger charge is -2.36. The van der Waals surface area contributed by atoms with Crippen LogP contribution in [-0.4, -0.2) is 31.1 Å². The number of carbonyl (C=O) groups is 2. The van der Waals surface area contributed by atoms with E-state index in [1.54, 1.807) is 6.08 Å². The summed E-state index contributed by atoms with van der Waals surface area (Å²) < 4.78 is 0. The highest BCUT2D eigenvalue weighted by Gasteiger charge is 2.39. The molecule has 0 aliphatic heterocycles. The zero-order valence-electron chi connectivity index (χ0n) is 22.0. The molecular weight excluding hydrogens is 460 g/mol. The van der Waals surface area contributed by atoms with Crippen molar-refractivity contribution in [3.05, 3.63) is 89.5 Å². The molecule has 1 saturated carbocycles. The summed E-state index contributed by atoms with van der Waals surface area (Å²) >= 11 is 0. The van der Waals surface area contributed by atoms with Crippen LogP contribution in [0.1, 0.15) is 48.8 Å². The van der Waals surface area contributed by atoms with Crippen molar-refractivity contribution in [2.75, 3.05) is 24.3 Å². The second-order valence-corrected chi connectivity index (χ2v) is 10.4. The Hall–Kier alpha value is -3.86. The standard InChI is InChI=1S/C32H36N2O3/c1-23-7-8-24(11-18-30(35)36)21-29(23)33-31(37)32(19-5-4-6-20-32)22-25-9-12-26(13-10-25)27-14-16-28(17-15-27)34(2)3/h7-18,21H,4-6,19-20,22H2,1-3H3,(H,33,37)(H,35,36)/b18-11+. The first-order chi connectivity index (χ1) is 17.8. The highest BCUT2D eigenvalue weighted by atomic mass is 16.4. The Balaban J connectivity index is 1.53. The molecule has 0 saturated heterocycles. The third-order valence-electron chi connectivity index (χ3n) is 7.43. The van der Waals surface area contributed by atoms with E-state index < -0.39 is 11.4 Å². The summed E-state index contributed by atoms with van der Waals surface area (Å²) in [5, 5.41) is 12.1. The summed E-state index contributed by atoms with van der Waals surface area (Å²) in [4.78, 5) is 26.8. The molecule has 4 rings (SSSR count). The SMILES string of the molecule is Cc1ccc(/C=C/C(=O)O)cc1NC(=O)C1(Cc2ccc(-c3ccc(N(C)C)cc3)cc2)CCCCC1. The van der Waals surface area contributed by atoms with Crippen molar-refractivity contribution in [1.82, 2.24) is 0 Å². The van der Waals surface area contributed by atoms with Crippen LogP contribution in [0.25, 0.3) is 17.2 Å². The first-order valence-corrected chi connectivity index (χ1v) is 13.0. The maximum absolute atomic E-state index is 13.8. The second-order valence-electron chi connectivity index (χ2n) is 10.4. The van der Waals surface area contributed by atoms with Gasteiger partial charge in [0.15, 0.2) is 0 Å². The van der Waals surface area contributed by atoms with Gasteiger partial charge in [0.25, 0.3) is 0 Å². The molecule has 0 aromatic heterocycles. The van der Waals surface area contributed by atoms with E-state index in [-0.39, 0.29) is 5.91 Å². The molecule has 3 aromatic rings. The number of carboxylic acid groups (broad SMARTS) is 1. The molecule has 0 heterocycles. The number of amides is 1. The number of nitrogens with one attached hydrogen (secondary N) is 1. The minimum Gasteiger partial charge on any atom is -0.478 e. The van der Waals surface area contributed by atoms with Crippen LogP contribution in [0.3, 0.4) is 0 Å². The molecule has 1 aliphatic carbocycles. The van der Waals surface area contributed by atoms with Gasteiger partial charge in [-0.05, 0) is 78.3 Å². The van der Waals surface area contributed by atoms with Crippen LogP contribution in [0.2, 0.25) is 0 Å². The monoisotopic (exact) mass is 496 g/mol. The van der Waals surface area contributed by atoms with Crippen LogP contribution in [0.5, 0.6) is 0 Å². The first-order valence-electron chi connectivity index (χ1n) is 13.0. The second kappa shape index (κ2) is 11.5. The average molecular weight is 497 g/mol. The molecule has 0 spiro atoms. The van der Waals surface area contributed by atoms with E-state index >= 15 is 0 Å². The summed E-state index contributed by atoms with van der Waals surface area (Å²) in [5.41, 5.74) is 6.66. The third-order valence-corrected chi connectivity index (χ3v) is 7.43. The number of hydrogen-bond acceptors (Lipinski definition) is 3. The van der Waals surface area contributed by atoms with Crippen LogP contribution in [0.15, 0.2) is 72.8 Å². The predicted octanol–water partition coefficient (Wildman–Crippen LogP) is 6.96. The molecule has 5 nitrogen and oxygen atoms in total. The van der Waals surface area contributed by atoms with Crippen molar-refractivity contribution in [2.45, 2.75) is 45.4 Å². The van der Waals surface area contributed by atoms with Crippen molar-refractivity contribution < 1.29 is 14.7 Å². The van der Waals surface area contributed by atoms with Crippen molar-refractivity contribution in [3.63, 3.8) is 0 Å². The van der Waals surface area contributed by atoms with Gasteiger partial charge in [-0.2, -0.15) is 0 Å². The van der Waals surface area contributed by atoms with Gasteiger partial charge in [-0.15, -0.1) is 0 Å². The molecule has 1 fully saturated rings. The molecule has 37 heavy (non-hydrogen) atoms. The van der Waals surface area contributed by atoms with Crippen LogP contribution < -0.4 is 10.2 Å². The highest BCUT2D eigenvalue weighted by Crippen LogP contribution is 2.41. The zero-order valence-corrected chi connectivity index (χ0v) is 22.0. The first kappa shape index (κ1) is 26.2. The normalized spacial score (nSPS) is 14.9. The van der Waals surface area contributed by atoms with Crippen molar-refractivity contribution >= 4 is 29.3 Å². The van der Waals surface area contributed by atoms with Gasteiger partial charge < -0.3 is 15.3 Å². The van der Waals surface area contributed by atoms with E-state index in [2.05, 4.69) is 58.7 Å². The van der Waals surface area contributed by atoms with Crippen LogP contribution in [-0.2, 0) is 16.0 Å². The van der Waals surface area contributed by atoms with Gasteiger partial charge in [-0.1, -0.05) is 67.8 Å². The Morgan fingerprint density at radius 3 is 2.14 bits per heavy atom. The van der Waals surface area contributed by atoms with Crippen LogP contribution in [0, 0.1) is 12.3 Å². The number of carbonyl (C=O) groups excluding carboxylic acids is 1. The Kier molecular flexibility index (Phi) is 8.12. The van der Waals surface area contributed by atoms with Gasteiger partial charge in [0, 0.05) is 31.5 Å². The molecule has 2 N–H and O–H groups in total. The average Bonchev–Trinajstić information content (AvgIpc) is 2.90. The smallest absolute Gasteiger partial charge is 0.328 e. The molecular formula is C32H36N2O3. The molecule has 1 aliphatic rings. The number of carboxylic acids is 1. The number of aliphatic carboxylic acids is 1. The Labute approximate surface area is 219 Å². The summed E-state index contributed by atoms with van der Waals surface area (Å²) in [7, 11) is 4.07. The van der Waals surface area contributed by atoms with E-state index in [1.165, 1.54) is 16.8 Å². The van der Waals surface area contributed by atoms with Crippen molar-refractivity contribution in [1.29, 1.82) is 0 Å². The zero-order chi connectivity index (χ0) is 26.4. The largest absolute Gasteiger partial charge is 0.478 e. The number of hydrogen-bond donors (Lipinski definition) is 2.